The Hall–Kier alpha value is -2.48. The Morgan fingerprint density at radius 1 is 1.08 bits per heavy atom. The Morgan fingerprint density at radius 3 is 2.16 bits per heavy atom. The van der Waals surface area contributed by atoms with E-state index >= 15 is 0 Å². The molecule has 5 heterocycles. The molecule has 0 aromatic rings. The minimum absolute atomic E-state index is 0.133. The monoisotopic (exact) mass is 568 g/mol. The highest BCUT2D eigenvalue weighted by atomic mass is 32.2. The third kappa shape index (κ3) is 4.33. The predicted octanol–water partition coefficient (Wildman–Crippen LogP) is 1.24. The van der Waals surface area contributed by atoms with Crippen molar-refractivity contribution in [3.05, 3.63) is 0 Å². The van der Waals surface area contributed by atoms with Crippen molar-refractivity contribution in [2.45, 2.75) is 97.7 Å². The van der Waals surface area contributed by atoms with Gasteiger partial charge in [0.25, 0.3) is 5.91 Å². The largest absolute Gasteiger partial charge is 0.480 e. The maximum Gasteiger partial charge on any atom is 0.339 e. The minimum Gasteiger partial charge on any atom is -0.480 e. The number of likely N-dealkylation sites (tertiary alicyclic amines) is 1. The van der Waals surface area contributed by atoms with Crippen LogP contribution < -0.4 is 5.73 Å². The number of carbonyl (C=O) groups excluding carboxylic acids is 2. The Bertz CT molecular complexity index is 1060. The van der Waals surface area contributed by atoms with Gasteiger partial charge in [-0.25, -0.2) is 9.59 Å². The summed E-state index contributed by atoms with van der Waals surface area (Å²) in [6, 6.07) is -1.17. The van der Waals surface area contributed by atoms with E-state index < -0.39 is 44.9 Å². The standard InChI is InChI=1S/C15H23N3O3S.C9H13N3O3S/c1-15(2)11(14(20)21)18-12(19)10(13(18)22-15)16-9-17-7-5-3-4-6-8-17;1-8(2)9(6(10)11,7(14)15)12-4(13)3-5(12)16-8/h9-11,13H,3-8H2,1-2H3,(H,20,21);5H,3H2,1-2H3,(H3,10,11)(H,14,15)/t10-,11+,13-;5-,9+/m11/s1. The van der Waals surface area contributed by atoms with Crippen LogP contribution in [-0.2, 0) is 19.2 Å². The van der Waals surface area contributed by atoms with Gasteiger partial charge in [0.15, 0.2) is 6.04 Å². The highest BCUT2D eigenvalue weighted by Gasteiger charge is 2.71. The van der Waals surface area contributed by atoms with E-state index in [1.54, 1.807) is 25.6 Å². The zero-order valence-electron chi connectivity index (χ0n) is 22.0. The highest BCUT2D eigenvalue weighted by molar-refractivity contribution is 8.02. The van der Waals surface area contributed by atoms with Gasteiger partial charge >= 0.3 is 11.9 Å². The Labute approximate surface area is 230 Å². The van der Waals surface area contributed by atoms with Crippen LogP contribution in [-0.4, -0.2) is 112 Å². The molecule has 5 rings (SSSR count). The van der Waals surface area contributed by atoms with Gasteiger partial charge in [0.2, 0.25) is 11.4 Å². The molecule has 0 aromatic heterocycles. The lowest BCUT2D eigenvalue weighted by molar-refractivity contribution is -0.162. The predicted molar refractivity (Wildman–Crippen MR) is 145 cm³/mol. The van der Waals surface area contributed by atoms with Crippen LogP contribution >= 0.6 is 23.5 Å². The molecule has 12 nitrogen and oxygen atoms in total. The second-order valence-corrected chi connectivity index (χ2v) is 14.8. The van der Waals surface area contributed by atoms with Crippen molar-refractivity contribution in [2.24, 2.45) is 10.7 Å². The number of carboxylic acids is 2. The maximum atomic E-state index is 12.3. The van der Waals surface area contributed by atoms with Crippen molar-refractivity contribution in [3.63, 3.8) is 0 Å². The third-order valence-electron chi connectivity index (χ3n) is 7.95. The summed E-state index contributed by atoms with van der Waals surface area (Å²) in [5, 5.41) is 26.0. The first kappa shape index (κ1) is 28.5. The lowest BCUT2D eigenvalue weighted by atomic mass is 9.80. The van der Waals surface area contributed by atoms with Crippen molar-refractivity contribution in [3.8, 4) is 0 Å². The zero-order chi connectivity index (χ0) is 28.2. The van der Waals surface area contributed by atoms with E-state index in [1.807, 2.05) is 20.2 Å². The second-order valence-electron chi connectivity index (χ2n) is 11.2. The number of thioether (sulfide) groups is 2. The number of carboxylic acid groups (broad SMARTS) is 2. The van der Waals surface area contributed by atoms with E-state index in [4.69, 9.17) is 11.1 Å². The molecule has 5 saturated heterocycles. The smallest absolute Gasteiger partial charge is 0.339 e. The molecule has 0 bridgehead atoms. The number of β-lactam (4-membered cyclic amide) rings is 2. The molecule has 5 aliphatic heterocycles. The molecule has 5 atom stereocenters. The molecule has 0 unspecified atom stereocenters. The number of rotatable bonds is 5. The van der Waals surface area contributed by atoms with Gasteiger partial charge in [0.1, 0.15) is 17.3 Å². The number of nitrogens with zero attached hydrogens (tertiary/aromatic N) is 4. The van der Waals surface area contributed by atoms with Crippen molar-refractivity contribution in [2.75, 3.05) is 13.1 Å². The SMILES string of the molecule is CC1(C)S[C@@H]2CC(=O)N2[C@@]1(C(=N)N)C(=O)O.CC1(C)S[C@@H]2[C@H](N=CN3CCCCCC3)C(=O)N2[C@H]1C(=O)O. The summed E-state index contributed by atoms with van der Waals surface area (Å²) in [5.74, 6) is -3.04. The van der Waals surface area contributed by atoms with Crippen LogP contribution in [0.3, 0.4) is 0 Å². The van der Waals surface area contributed by atoms with Gasteiger partial charge in [-0.05, 0) is 40.5 Å². The molecule has 2 amide bonds. The van der Waals surface area contributed by atoms with Crippen molar-refractivity contribution < 1.29 is 29.4 Å². The molecule has 5 aliphatic rings. The fourth-order valence-corrected chi connectivity index (χ4v) is 9.41. The maximum absolute atomic E-state index is 12.3. The lowest BCUT2D eigenvalue weighted by Gasteiger charge is -2.45. The molecule has 0 aromatic carbocycles. The van der Waals surface area contributed by atoms with Gasteiger partial charge in [0, 0.05) is 17.8 Å². The summed E-state index contributed by atoms with van der Waals surface area (Å²) in [6.45, 7) is 9.18. The van der Waals surface area contributed by atoms with Gasteiger partial charge in [-0.15, -0.1) is 23.5 Å². The number of aliphatic carboxylic acids is 2. The molecule has 0 aliphatic carbocycles. The van der Waals surface area contributed by atoms with Crippen LogP contribution in [0.1, 0.15) is 59.8 Å². The number of hydrogen-bond donors (Lipinski definition) is 4. The van der Waals surface area contributed by atoms with Crippen LogP contribution in [0.15, 0.2) is 4.99 Å². The fraction of sp³-hybridized carbons (Fsp3) is 0.750. The quantitative estimate of drug-likeness (QED) is 0.214. The van der Waals surface area contributed by atoms with Crippen molar-refractivity contribution in [1.82, 2.24) is 14.7 Å². The number of amidine groups is 1. The van der Waals surface area contributed by atoms with Crippen LogP contribution in [0.4, 0.5) is 0 Å². The van der Waals surface area contributed by atoms with Gasteiger partial charge in [-0.2, -0.15) is 0 Å². The average molecular weight is 569 g/mol. The number of carbonyl (C=O) groups is 4. The fourth-order valence-electron chi connectivity index (χ4n) is 6.04. The van der Waals surface area contributed by atoms with E-state index in [-0.39, 0.29) is 22.6 Å². The summed E-state index contributed by atoms with van der Waals surface area (Å²) in [4.78, 5) is 56.2. The first-order valence-corrected chi connectivity index (χ1v) is 14.5. The first-order valence-electron chi connectivity index (χ1n) is 12.7. The van der Waals surface area contributed by atoms with E-state index in [1.165, 1.54) is 47.2 Å². The van der Waals surface area contributed by atoms with Crippen LogP contribution in [0.5, 0.6) is 0 Å². The second kappa shape index (κ2) is 9.92. The zero-order valence-corrected chi connectivity index (χ0v) is 23.7. The summed E-state index contributed by atoms with van der Waals surface area (Å²) in [5.41, 5.74) is 3.76. The molecule has 5 N–H and O–H groups in total. The topological polar surface area (TPSA) is 181 Å². The number of amides is 2. The molecule has 14 heteroatoms. The molecular weight excluding hydrogens is 532 g/mol. The summed E-state index contributed by atoms with van der Waals surface area (Å²) < 4.78 is -1.26. The van der Waals surface area contributed by atoms with E-state index in [2.05, 4.69) is 9.89 Å². The van der Waals surface area contributed by atoms with E-state index in [0.717, 1.165) is 13.1 Å². The normalized spacial score (nSPS) is 34.9. The van der Waals surface area contributed by atoms with Crippen molar-refractivity contribution >= 4 is 59.5 Å². The number of fused-ring (bicyclic) bond motifs is 2. The van der Waals surface area contributed by atoms with E-state index in [0.29, 0.717) is 6.42 Å². The third-order valence-corrected chi connectivity index (χ3v) is 11.0. The number of nitrogens with one attached hydrogen (secondary N) is 1. The molecule has 0 radical (unpaired) electrons. The van der Waals surface area contributed by atoms with Crippen LogP contribution in [0.2, 0.25) is 0 Å². The first-order chi connectivity index (χ1) is 17.7. The number of aliphatic imine (C=N–C) groups is 1. The number of hydrogen-bond acceptors (Lipinski definition) is 8. The van der Waals surface area contributed by atoms with Crippen molar-refractivity contribution in [1.29, 1.82) is 5.41 Å². The van der Waals surface area contributed by atoms with Gasteiger partial charge in [0.05, 0.1) is 22.9 Å². The molecule has 210 valence electrons. The Morgan fingerprint density at radius 2 is 1.68 bits per heavy atom. The number of nitrogens with two attached hydrogens (primary N) is 1. The molecule has 0 saturated carbocycles. The minimum atomic E-state index is -1.70. The molecular formula is C24H36N6O6S2. The summed E-state index contributed by atoms with van der Waals surface area (Å²) >= 11 is 2.94. The molecule has 0 spiro atoms. The highest BCUT2D eigenvalue weighted by Crippen LogP contribution is 2.56. The lowest BCUT2D eigenvalue weighted by Crippen LogP contribution is -2.72. The van der Waals surface area contributed by atoms with Crippen LogP contribution in [0, 0.1) is 5.41 Å². The van der Waals surface area contributed by atoms with Gasteiger partial charge in [-0.3, -0.25) is 20.0 Å². The Kier molecular flexibility index (Phi) is 7.45. The van der Waals surface area contributed by atoms with E-state index in [9.17, 15) is 29.4 Å². The molecule has 38 heavy (non-hydrogen) atoms. The summed E-state index contributed by atoms with van der Waals surface area (Å²) in [7, 11) is 0. The molecule has 5 fully saturated rings. The summed E-state index contributed by atoms with van der Waals surface area (Å²) in [6.07, 6.45) is 7.00. The Balaban J connectivity index is 0.000000186. The van der Waals surface area contributed by atoms with Gasteiger partial charge in [-0.1, -0.05) is 12.8 Å². The average Bonchev–Trinajstić information content (AvgIpc) is 3.00. The van der Waals surface area contributed by atoms with Crippen LogP contribution in [0.25, 0.3) is 0 Å². The van der Waals surface area contributed by atoms with Gasteiger partial charge < -0.3 is 30.6 Å².